The quantitative estimate of drug-likeness (QED) is 0.435. The van der Waals surface area contributed by atoms with Crippen molar-refractivity contribution in [3.05, 3.63) is 78.4 Å². The van der Waals surface area contributed by atoms with Gasteiger partial charge in [-0.3, -0.25) is 0 Å². The lowest BCUT2D eigenvalue weighted by molar-refractivity contribution is -0.137. The SMILES string of the molecule is O=C(Nc1ccc(C(F)(F)F)cc1)Nc1cccc(-c2nc3ccccc3o2)c1. The summed E-state index contributed by atoms with van der Waals surface area (Å²) in [5.41, 5.74) is 1.99. The number of nitrogens with zero attached hydrogens (tertiary/aromatic N) is 1. The average Bonchev–Trinajstić information content (AvgIpc) is 3.12. The number of fused-ring (bicyclic) bond motifs is 1. The zero-order chi connectivity index (χ0) is 20.4. The van der Waals surface area contributed by atoms with E-state index in [1.165, 1.54) is 12.1 Å². The highest BCUT2D eigenvalue weighted by atomic mass is 19.4. The summed E-state index contributed by atoms with van der Waals surface area (Å²) < 4.78 is 43.5. The van der Waals surface area contributed by atoms with Crippen molar-refractivity contribution in [2.75, 3.05) is 10.6 Å². The van der Waals surface area contributed by atoms with Crippen LogP contribution in [0.3, 0.4) is 0 Å². The Hall–Kier alpha value is -3.81. The van der Waals surface area contributed by atoms with Crippen molar-refractivity contribution < 1.29 is 22.4 Å². The van der Waals surface area contributed by atoms with Gasteiger partial charge in [-0.2, -0.15) is 13.2 Å². The smallest absolute Gasteiger partial charge is 0.416 e. The summed E-state index contributed by atoms with van der Waals surface area (Å²) in [4.78, 5) is 16.6. The molecule has 0 bridgehead atoms. The molecule has 0 atom stereocenters. The van der Waals surface area contributed by atoms with Gasteiger partial charge in [0.1, 0.15) is 5.52 Å². The number of benzene rings is 3. The van der Waals surface area contributed by atoms with Crippen molar-refractivity contribution in [1.29, 1.82) is 0 Å². The van der Waals surface area contributed by atoms with Crippen molar-refractivity contribution in [2.45, 2.75) is 6.18 Å². The number of oxazole rings is 1. The van der Waals surface area contributed by atoms with Crippen molar-refractivity contribution in [3.63, 3.8) is 0 Å². The third kappa shape index (κ3) is 4.21. The van der Waals surface area contributed by atoms with Gasteiger partial charge in [0.05, 0.1) is 5.56 Å². The molecule has 0 saturated heterocycles. The topological polar surface area (TPSA) is 67.2 Å². The molecule has 0 spiro atoms. The minimum absolute atomic E-state index is 0.241. The van der Waals surface area contributed by atoms with Gasteiger partial charge in [-0.05, 0) is 54.6 Å². The normalized spacial score (nSPS) is 11.4. The maximum Gasteiger partial charge on any atom is 0.416 e. The van der Waals surface area contributed by atoms with Crippen molar-refractivity contribution in [1.82, 2.24) is 4.98 Å². The zero-order valence-corrected chi connectivity index (χ0v) is 14.8. The van der Waals surface area contributed by atoms with Gasteiger partial charge in [-0.15, -0.1) is 0 Å². The van der Waals surface area contributed by atoms with E-state index in [0.717, 1.165) is 17.6 Å². The monoisotopic (exact) mass is 397 g/mol. The fourth-order valence-corrected chi connectivity index (χ4v) is 2.76. The van der Waals surface area contributed by atoms with Crippen LogP contribution in [-0.2, 0) is 6.18 Å². The Morgan fingerprint density at radius 3 is 2.31 bits per heavy atom. The standard InChI is InChI=1S/C21H14F3N3O2/c22-21(23,24)14-8-10-15(11-9-14)25-20(28)26-16-5-3-4-13(12-16)19-27-17-6-1-2-7-18(17)29-19/h1-12H,(H2,25,26,28). The van der Waals surface area contributed by atoms with E-state index in [4.69, 9.17) is 4.42 Å². The summed E-state index contributed by atoms with van der Waals surface area (Å²) in [7, 11) is 0. The Bertz CT molecular complexity index is 1130. The second kappa shape index (κ2) is 7.31. The first-order chi connectivity index (χ1) is 13.9. The van der Waals surface area contributed by atoms with Crippen LogP contribution in [0.15, 0.2) is 77.2 Å². The fourth-order valence-electron chi connectivity index (χ4n) is 2.76. The van der Waals surface area contributed by atoms with Gasteiger partial charge < -0.3 is 15.1 Å². The van der Waals surface area contributed by atoms with Crippen LogP contribution >= 0.6 is 0 Å². The van der Waals surface area contributed by atoms with E-state index >= 15 is 0 Å². The Balaban J connectivity index is 1.47. The van der Waals surface area contributed by atoms with Crippen LogP contribution in [0, 0.1) is 0 Å². The molecule has 4 aromatic rings. The van der Waals surface area contributed by atoms with E-state index in [2.05, 4.69) is 15.6 Å². The summed E-state index contributed by atoms with van der Waals surface area (Å²) in [6.07, 6.45) is -4.42. The Labute approximate surface area is 163 Å². The first-order valence-electron chi connectivity index (χ1n) is 8.60. The molecule has 0 aliphatic rings. The largest absolute Gasteiger partial charge is 0.436 e. The third-order valence-electron chi connectivity index (χ3n) is 4.13. The lowest BCUT2D eigenvalue weighted by atomic mass is 10.2. The summed E-state index contributed by atoms with van der Waals surface area (Å²) in [6, 6.07) is 17.9. The number of hydrogen-bond acceptors (Lipinski definition) is 3. The number of urea groups is 1. The van der Waals surface area contributed by atoms with Crippen LogP contribution in [0.25, 0.3) is 22.6 Å². The predicted molar refractivity (Wildman–Crippen MR) is 104 cm³/mol. The van der Waals surface area contributed by atoms with Crippen LogP contribution in [0.1, 0.15) is 5.56 Å². The molecule has 1 heterocycles. The molecular formula is C21H14F3N3O2. The number of aromatic nitrogens is 1. The van der Waals surface area contributed by atoms with Crippen LogP contribution in [0.4, 0.5) is 29.3 Å². The summed E-state index contributed by atoms with van der Waals surface area (Å²) in [5.74, 6) is 0.415. The molecule has 8 heteroatoms. The molecule has 0 radical (unpaired) electrons. The molecule has 1 aromatic heterocycles. The number of carbonyl (C=O) groups is 1. The highest BCUT2D eigenvalue weighted by Gasteiger charge is 2.29. The minimum Gasteiger partial charge on any atom is -0.436 e. The van der Waals surface area contributed by atoms with E-state index in [9.17, 15) is 18.0 Å². The highest BCUT2D eigenvalue weighted by Crippen LogP contribution is 2.30. The molecule has 0 aliphatic heterocycles. The number of para-hydroxylation sites is 2. The summed E-state index contributed by atoms with van der Waals surface area (Å²) in [5, 5.41) is 5.13. The predicted octanol–water partition coefficient (Wildman–Crippen LogP) is 6.16. The van der Waals surface area contributed by atoms with E-state index in [1.54, 1.807) is 24.3 Å². The van der Waals surface area contributed by atoms with Gasteiger partial charge in [0.2, 0.25) is 5.89 Å². The van der Waals surface area contributed by atoms with Gasteiger partial charge in [0.15, 0.2) is 5.58 Å². The average molecular weight is 397 g/mol. The molecule has 0 fully saturated rings. The van der Waals surface area contributed by atoms with Gasteiger partial charge in [0, 0.05) is 16.9 Å². The number of amides is 2. The molecule has 5 nitrogen and oxygen atoms in total. The summed E-state index contributed by atoms with van der Waals surface area (Å²) >= 11 is 0. The lowest BCUT2D eigenvalue weighted by Crippen LogP contribution is -2.19. The molecule has 3 aromatic carbocycles. The van der Waals surface area contributed by atoms with E-state index < -0.39 is 17.8 Å². The van der Waals surface area contributed by atoms with Gasteiger partial charge >= 0.3 is 12.2 Å². The minimum atomic E-state index is -4.42. The van der Waals surface area contributed by atoms with Gasteiger partial charge in [-0.1, -0.05) is 18.2 Å². The Kier molecular flexibility index (Phi) is 4.67. The van der Waals surface area contributed by atoms with Gasteiger partial charge in [0.25, 0.3) is 0 Å². The first kappa shape index (κ1) is 18.5. The number of halogens is 3. The van der Waals surface area contributed by atoms with Crippen LogP contribution in [0.2, 0.25) is 0 Å². The molecule has 2 N–H and O–H groups in total. The highest BCUT2D eigenvalue weighted by molar-refractivity contribution is 6.00. The van der Waals surface area contributed by atoms with Gasteiger partial charge in [-0.25, -0.2) is 9.78 Å². The Morgan fingerprint density at radius 2 is 1.59 bits per heavy atom. The maximum absolute atomic E-state index is 12.6. The number of alkyl halides is 3. The number of nitrogens with one attached hydrogen (secondary N) is 2. The molecule has 146 valence electrons. The molecule has 0 aliphatic carbocycles. The molecule has 2 amide bonds. The van der Waals surface area contributed by atoms with Crippen molar-refractivity contribution in [2.24, 2.45) is 0 Å². The Morgan fingerprint density at radius 1 is 0.862 bits per heavy atom. The molecule has 4 rings (SSSR count). The van der Waals surface area contributed by atoms with Crippen LogP contribution < -0.4 is 10.6 Å². The number of carbonyl (C=O) groups excluding carboxylic acids is 1. The van der Waals surface area contributed by atoms with E-state index in [-0.39, 0.29) is 5.69 Å². The molecular weight excluding hydrogens is 383 g/mol. The molecule has 0 unspecified atom stereocenters. The fraction of sp³-hybridized carbons (Fsp3) is 0.0476. The summed E-state index contributed by atoms with van der Waals surface area (Å²) in [6.45, 7) is 0. The number of rotatable bonds is 3. The number of hydrogen-bond donors (Lipinski definition) is 2. The number of anilines is 2. The zero-order valence-electron chi connectivity index (χ0n) is 14.8. The second-order valence-corrected chi connectivity index (χ2v) is 6.22. The van der Waals surface area contributed by atoms with Crippen LogP contribution in [0.5, 0.6) is 0 Å². The van der Waals surface area contributed by atoms with Crippen molar-refractivity contribution in [3.8, 4) is 11.5 Å². The van der Waals surface area contributed by atoms with Crippen molar-refractivity contribution >= 4 is 28.5 Å². The van der Waals surface area contributed by atoms with E-state index in [0.29, 0.717) is 22.7 Å². The molecule has 29 heavy (non-hydrogen) atoms. The second-order valence-electron chi connectivity index (χ2n) is 6.22. The molecule has 0 saturated carbocycles. The first-order valence-corrected chi connectivity index (χ1v) is 8.60. The lowest BCUT2D eigenvalue weighted by Gasteiger charge is -2.10. The maximum atomic E-state index is 12.6. The van der Waals surface area contributed by atoms with E-state index in [1.807, 2.05) is 24.3 Å². The third-order valence-corrected chi connectivity index (χ3v) is 4.13. The van der Waals surface area contributed by atoms with Crippen LogP contribution in [-0.4, -0.2) is 11.0 Å².